The second-order valence-electron chi connectivity index (χ2n) is 7.44. The largest absolute Gasteiger partial charge is 0.480 e. The van der Waals surface area contributed by atoms with E-state index in [2.05, 4.69) is 11.1 Å². The Bertz CT molecular complexity index is 947. The fourth-order valence-electron chi connectivity index (χ4n) is 4.29. The lowest BCUT2D eigenvalue weighted by molar-refractivity contribution is -0.143. The highest BCUT2D eigenvalue weighted by molar-refractivity contribution is 5.82. The second kappa shape index (κ2) is 6.72. The van der Waals surface area contributed by atoms with Gasteiger partial charge in [0.25, 0.3) is 5.91 Å². The highest BCUT2D eigenvalue weighted by Crippen LogP contribution is 2.34. The molecule has 5 heteroatoms. The average molecular weight is 361 g/mol. The number of carbonyl (C=O) groups excluding carboxylic acids is 1. The van der Waals surface area contributed by atoms with Crippen LogP contribution in [0, 0.1) is 0 Å². The van der Waals surface area contributed by atoms with Crippen LogP contribution in [0.1, 0.15) is 43.1 Å². The van der Waals surface area contributed by atoms with Crippen molar-refractivity contribution in [2.75, 3.05) is 6.54 Å². The first-order chi connectivity index (χ1) is 13.3. The zero-order valence-electron chi connectivity index (χ0n) is 15.2. The van der Waals surface area contributed by atoms with Crippen LogP contribution >= 0.6 is 0 Å². The minimum Gasteiger partial charge on any atom is -0.480 e. The summed E-state index contributed by atoms with van der Waals surface area (Å²) in [5.74, 6) is 1.83. The molecule has 2 aromatic carbocycles. The Hall–Kier alpha value is -2.82. The van der Waals surface area contributed by atoms with Crippen molar-refractivity contribution in [3.05, 3.63) is 59.9 Å². The standard InChI is InChI=1S/C22H23N3O2/c26-22(20-13-12-15-7-1-4-11-19(15)27-20)25-14-6-5-10-18(25)21-23-16-8-2-3-9-17(16)24-21/h1-4,7-9,11,18,20H,5-6,10,12-14H2,(H,23,24). The van der Waals surface area contributed by atoms with Crippen molar-refractivity contribution >= 4 is 16.9 Å². The number of hydrogen-bond donors (Lipinski definition) is 1. The molecule has 0 aliphatic carbocycles. The van der Waals surface area contributed by atoms with Gasteiger partial charge >= 0.3 is 0 Å². The summed E-state index contributed by atoms with van der Waals surface area (Å²) in [6.45, 7) is 0.766. The minimum atomic E-state index is -0.398. The van der Waals surface area contributed by atoms with Gasteiger partial charge in [0.05, 0.1) is 17.1 Å². The number of aromatic amines is 1. The van der Waals surface area contributed by atoms with Crippen molar-refractivity contribution in [2.24, 2.45) is 0 Å². The molecule has 3 heterocycles. The fourth-order valence-corrected chi connectivity index (χ4v) is 4.29. The van der Waals surface area contributed by atoms with Gasteiger partial charge < -0.3 is 14.6 Å². The highest BCUT2D eigenvalue weighted by Gasteiger charge is 2.36. The lowest BCUT2D eigenvalue weighted by atomic mass is 9.97. The molecule has 2 unspecified atom stereocenters. The molecule has 3 aromatic rings. The second-order valence-corrected chi connectivity index (χ2v) is 7.44. The van der Waals surface area contributed by atoms with Crippen LogP contribution in [0.3, 0.4) is 0 Å². The first-order valence-corrected chi connectivity index (χ1v) is 9.79. The van der Waals surface area contributed by atoms with Gasteiger partial charge in [0, 0.05) is 6.54 Å². The van der Waals surface area contributed by atoms with Gasteiger partial charge in [-0.05, 0) is 55.9 Å². The molecule has 1 aromatic heterocycles. The normalized spacial score (nSPS) is 22.3. The molecule has 2 aliphatic heterocycles. The Morgan fingerprint density at radius 3 is 2.85 bits per heavy atom. The molecule has 5 nitrogen and oxygen atoms in total. The Morgan fingerprint density at radius 2 is 1.93 bits per heavy atom. The zero-order chi connectivity index (χ0) is 18.2. The predicted octanol–water partition coefficient (Wildman–Crippen LogP) is 4.01. The van der Waals surface area contributed by atoms with Crippen LogP contribution in [-0.2, 0) is 11.2 Å². The van der Waals surface area contributed by atoms with Crippen molar-refractivity contribution in [1.29, 1.82) is 0 Å². The Morgan fingerprint density at radius 1 is 1.07 bits per heavy atom. The third-order valence-electron chi connectivity index (χ3n) is 5.70. The maximum Gasteiger partial charge on any atom is 0.264 e. The average Bonchev–Trinajstić information content (AvgIpc) is 3.17. The SMILES string of the molecule is O=C(C1CCc2ccccc2O1)N1CCCCC1c1nc2ccccc2[nH]1. The van der Waals surface area contributed by atoms with E-state index in [1.807, 2.05) is 47.4 Å². The molecule has 2 atom stereocenters. The van der Waals surface area contributed by atoms with Crippen molar-refractivity contribution in [1.82, 2.24) is 14.9 Å². The number of likely N-dealkylation sites (tertiary alicyclic amines) is 1. The van der Waals surface area contributed by atoms with Gasteiger partial charge in [-0.3, -0.25) is 4.79 Å². The molecule has 27 heavy (non-hydrogen) atoms. The smallest absolute Gasteiger partial charge is 0.264 e. The molecule has 0 radical (unpaired) electrons. The van der Waals surface area contributed by atoms with E-state index in [9.17, 15) is 4.79 Å². The third kappa shape index (κ3) is 2.97. The van der Waals surface area contributed by atoms with Gasteiger partial charge in [0.1, 0.15) is 11.6 Å². The molecular weight excluding hydrogens is 338 g/mol. The summed E-state index contributed by atoms with van der Waals surface area (Å²) in [6, 6.07) is 16.0. The Labute approximate surface area is 158 Å². The molecule has 2 aliphatic rings. The Kier molecular flexibility index (Phi) is 4.07. The van der Waals surface area contributed by atoms with Gasteiger partial charge in [0.15, 0.2) is 6.10 Å². The molecule has 1 fully saturated rings. The van der Waals surface area contributed by atoms with E-state index in [-0.39, 0.29) is 11.9 Å². The number of amides is 1. The summed E-state index contributed by atoms with van der Waals surface area (Å²) in [4.78, 5) is 23.5. The first-order valence-electron chi connectivity index (χ1n) is 9.79. The summed E-state index contributed by atoms with van der Waals surface area (Å²) in [5, 5.41) is 0. The highest BCUT2D eigenvalue weighted by atomic mass is 16.5. The number of para-hydroxylation sites is 3. The first kappa shape index (κ1) is 16.4. The number of aryl methyl sites for hydroxylation is 1. The number of aromatic nitrogens is 2. The number of fused-ring (bicyclic) bond motifs is 2. The van der Waals surface area contributed by atoms with Gasteiger partial charge in [-0.25, -0.2) is 4.98 Å². The lowest BCUT2D eigenvalue weighted by Crippen LogP contribution is -2.47. The molecule has 138 valence electrons. The third-order valence-corrected chi connectivity index (χ3v) is 5.70. The molecule has 5 rings (SSSR count). The predicted molar refractivity (Wildman–Crippen MR) is 104 cm³/mol. The number of carbonyl (C=O) groups is 1. The van der Waals surface area contributed by atoms with Gasteiger partial charge in [-0.2, -0.15) is 0 Å². The summed E-state index contributed by atoms with van der Waals surface area (Å²) in [5.41, 5.74) is 3.16. The number of ether oxygens (including phenoxy) is 1. The topological polar surface area (TPSA) is 58.2 Å². The van der Waals surface area contributed by atoms with Crippen LogP contribution in [0.25, 0.3) is 11.0 Å². The number of imidazole rings is 1. The summed E-state index contributed by atoms with van der Waals surface area (Å²) < 4.78 is 6.07. The van der Waals surface area contributed by atoms with E-state index in [4.69, 9.17) is 9.72 Å². The van der Waals surface area contributed by atoms with E-state index in [1.165, 1.54) is 5.56 Å². The maximum atomic E-state index is 13.3. The van der Waals surface area contributed by atoms with E-state index in [0.29, 0.717) is 0 Å². The van der Waals surface area contributed by atoms with Crippen molar-refractivity contribution in [3.63, 3.8) is 0 Å². The van der Waals surface area contributed by atoms with E-state index in [1.54, 1.807) is 0 Å². The molecule has 0 saturated carbocycles. The quantitative estimate of drug-likeness (QED) is 0.750. The number of nitrogens with one attached hydrogen (secondary N) is 1. The minimum absolute atomic E-state index is 0.000537. The van der Waals surface area contributed by atoms with Crippen molar-refractivity contribution in [2.45, 2.75) is 44.2 Å². The van der Waals surface area contributed by atoms with Crippen LogP contribution in [-0.4, -0.2) is 33.4 Å². The maximum absolute atomic E-state index is 13.3. The Balaban J connectivity index is 1.41. The van der Waals surface area contributed by atoms with Crippen LogP contribution in [0.4, 0.5) is 0 Å². The van der Waals surface area contributed by atoms with Gasteiger partial charge in [0.2, 0.25) is 0 Å². The van der Waals surface area contributed by atoms with Crippen LogP contribution < -0.4 is 4.74 Å². The van der Waals surface area contributed by atoms with E-state index < -0.39 is 6.10 Å². The lowest BCUT2D eigenvalue weighted by Gasteiger charge is -2.37. The number of rotatable bonds is 2. The van der Waals surface area contributed by atoms with E-state index >= 15 is 0 Å². The number of benzene rings is 2. The molecule has 1 saturated heterocycles. The molecular formula is C22H23N3O2. The summed E-state index contributed by atoms with van der Waals surface area (Å²) in [6.07, 6.45) is 4.31. The summed E-state index contributed by atoms with van der Waals surface area (Å²) >= 11 is 0. The number of hydrogen-bond acceptors (Lipinski definition) is 3. The molecule has 0 bridgehead atoms. The molecule has 1 amide bonds. The monoisotopic (exact) mass is 361 g/mol. The zero-order valence-corrected chi connectivity index (χ0v) is 15.2. The van der Waals surface area contributed by atoms with Gasteiger partial charge in [-0.15, -0.1) is 0 Å². The number of piperidine rings is 1. The summed E-state index contributed by atoms with van der Waals surface area (Å²) in [7, 11) is 0. The van der Waals surface area contributed by atoms with Gasteiger partial charge in [-0.1, -0.05) is 30.3 Å². The fraction of sp³-hybridized carbons (Fsp3) is 0.364. The van der Waals surface area contributed by atoms with Crippen LogP contribution in [0.15, 0.2) is 48.5 Å². The van der Waals surface area contributed by atoms with Crippen LogP contribution in [0.2, 0.25) is 0 Å². The molecule has 1 N–H and O–H groups in total. The van der Waals surface area contributed by atoms with Crippen molar-refractivity contribution in [3.8, 4) is 5.75 Å². The van der Waals surface area contributed by atoms with Crippen molar-refractivity contribution < 1.29 is 9.53 Å². The molecule has 0 spiro atoms. The number of H-pyrrole nitrogens is 1. The number of nitrogens with zero attached hydrogens (tertiary/aromatic N) is 2. The van der Waals surface area contributed by atoms with E-state index in [0.717, 1.165) is 61.3 Å². The van der Waals surface area contributed by atoms with Crippen LogP contribution in [0.5, 0.6) is 5.75 Å².